The van der Waals surface area contributed by atoms with Crippen molar-refractivity contribution in [3.8, 4) is 11.5 Å². The van der Waals surface area contributed by atoms with E-state index >= 15 is 0 Å². The number of nitrogens with zero attached hydrogens (tertiary/aromatic N) is 1. The zero-order valence-corrected chi connectivity index (χ0v) is 19.1. The molecule has 156 valence electrons. The summed E-state index contributed by atoms with van der Waals surface area (Å²) in [6.45, 7) is 6.50. The van der Waals surface area contributed by atoms with Crippen LogP contribution in [0, 0.1) is 20.8 Å². The molecule has 0 saturated heterocycles. The third-order valence-electron chi connectivity index (χ3n) is 6.30. The van der Waals surface area contributed by atoms with Gasteiger partial charge in [0.25, 0.3) is 0 Å². The van der Waals surface area contributed by atoms with Gasteiger partial charge in [-0.1, -0.05) is 48.5 Å². The minimum Gasteiger partial charge on any atom is -0.441 e. The highest BCUT2D eigenvalue weighted by molar-refractivity contribution is 7.12. The van der Waals surface area contributed by atoms with Crippen LogP contribution in [-0.2, 0) is 0 Å². The van der Waals surface area contributed by atoms with E-state index in [9.17, 15) is 0 Å². The fourth-order valence-corrected chi connectivity index (χ4v) is 5.75. The second kappa shape index (κ2) is 8.32. The van der Waals surface area contributed by atoms with Crippen molar-refractivity contribution in [2.45, 2.75) is 46.0 Å². The van der Waals surface area contributed by atoms with Crippen molar-refractivity contribution in [2.24, 2.45) is 0 Å². The second-order valence-corrected chi connectivity index (χ2v) is 9.88. The van der Waals surface area contributed by atoms with Gasteiger partial charge in [0.15, 0.2) is 0 Å². The molecule has 1 unspecified atom stereocenters. The van der Waals surface area contributed by atoms with Crippen LogP contribution < -0.4 is 0 Å². The van der Waals surface area contributed by atoms with Gasteiger partial charge in [-0.3, -0.25) is 0 Å². The number of benzene rings is 2. The first-order chi connectivity index (χ1) is 15.1. The molecule has 5 rings (SSSR count). The Bertz CT molecular complexity index is 1230. The predicted molar refractivity (Wildman–Crippen MR) is 130 cm³/mol. The molecular formula is C28H27NOS. The number of hydrogen-bond acceptors (Lipinski definition) is 3. The van der Waals surface area contributed by atoms with Crippen LogP contribution in [0.25, 0.3) is 22.6 Å². The number of aromatic nitrogens is 1. The first kappa shape index (κ1) is 20.0. The van der Waals surface area contributed by atoms with E-state index in [0.717, 1.165) is 29.9 Å². The zero-order chi connectivity index (χ0) is 21.4. The van der Waals surface area contributed by atoms with Crippen molar-refractivity contribution in [1.82, 2.24) is 4.98 Å². The van der Waals surface area contributed by atoms with Crippen LogP contribution in [0.5, 0.6) is 0 Å². The largest absolute Gasteiger partial charge is 0.441 e. The van der Waals surface area contributed by atoms with Gasteiger partial charge in [0.2, 0.25) is 5.89 Å². The minimum atomic E-state index is 0.510. The lowest BCUT2D eigenvalue weighted by atomic mass is 9.77. The average Bonchev–Trinajstić information content (AvgIpc) is 3.35. The van der Waals surface area contributed by atoms with Crippen LogP contribution >= 0.6 is 11.3 Å². The molecule has 0 saturated carbocycles. The van der Waals surface area contributed by atoms with Crippen molar-refractivity contribution in [2.75, 3.05) is 0 Å². The molecule has 1 aliphatic carbocycles. The van der Waals surface area contributed by atoms with E-state index < -0.39 is 0 Å². The molecule has 3 heteroatoms. The molecule has 0 amide bonds. The molecule has 0 bridgehead atoms. The maximum atomic E-state index is 6.17. The number of rotatable bonds is 4. The van der Waals surface area contributed by atoms with E-state index in [1.54, 1.807) is 0 Å². The normalized spacial score (nSPS) is 16.7. The highest BCUT2D eigenvalue weighted by atomic mass is 32.1. The molecule has 0 fully saturated rings. The number of thiophene rings is 1. The molecule has 1 aliphatic rings. The molecule has 0 spiro atoms. The van der Waals surface area contributed by atoms with Crippen LogP contribution in [0.1, 0.15) is 57.5 Å². The van der Waals surface area contributed by atoms with Crippen LogP contribution in [0.4, 0.5) is 0 Å². The van der Waals surface area contributed by atoms with Gasteiger partial charge in [-0.15, -0.1) is 11.3 Å². The Labute approximate surface area is 188 Å². The van der Waals surface area contributed by atoms with E-state index in [2.05, 4.69) is 69.3 Å². The van der Waals surface area contributed by atoms with Crippen molar-refractivity contribution < 1.29 is 4.42 Å². The Balaban J connectivity index is 1.63. The van der Waals surface area contributed by atoms with Crippen molar-refractivity contribution >= 4 is 22.5 Å². The van der Waals surface area contributed by atoms with Gasteiger partial charge in [-0.2, -0.15) is 0 Å². The predicted octanol–water partition coefficient (Wildman–Crippen LogP) is 8.21. The number of allylic oxidation sites excluding steroid dienone is 2. The summed E-state index contributed by atoms with van der Waals surface area (Å²) in [6.07, 6.45) is 3.23. The van der Waals surface area contributed by atoms with Gasteiger partial charge in [0, 0.05) is 15.3 Å². The quantitative estimate of drug-likeness (QED) is 0.329. The topological polar surface area (TPSA) is 26.0 Å². The summed E-state index contributed by atoms with van der Waals surface area (Å²) in [7, 11) is 0. The molecule has 31 heavy (non-hydrogen) atoms. The molecule has 4 aromatic rings. The first-order valence-electron chi connectivity index (χ1n) is 11.0. The summed E-state index contributed by atoms with van der Waals surface area (Å²) in [4.78, 5) is 7.79. The van der Waals surface area contributed by atoms with Gasteiger partial charge >= 0.3 is 0 Å². The minimum absolute atomic E-state index is 0.510. The third-order valence-corrected chi connectivity index (χ3v) is 7.26. The molecule has 2 nitrogen and oxygen atoms in total. The highest BCUT2D eigenvalue weighted by Crippen LogP contribution is 2.47. The molecule has 1 atom stereocenters. The van der Waals surface area contributed by atoms with E-state index in [0.29, 0.717) is 11.8 Å². The summed E-state index contributed by atoms with van der Waals surface area (Å²) in [6, 6.07) is 23.5. The number of hydrogen-bond donors (Lipinski definition) is 0. The van der Waals surface area contributed by atoms with E-state index in [1.165, 1.54) is 38.4 Å². The van der Waals surface area contributed by atoms with Crippen molar-refractivity contribution in [3.63, 3.8) is 0 Å². The van der Waals surface area contributed by atoms with Crippen LogP contribution in [0.15, 0.2) is 71.1 Å². The number of aryl methyl sites for hydroxylation is 3. The fourth-order valence-electron chi connectivity index (χ4n) is 4.80. The average molecular weight is 426 g/mol. The molecule has 0 radical (unpaired) electrons. The molecule has 2 aromatic carbocycles. The second-order valence-electron chi connectivity index (χ2n) is 8.42. The lowest BCUT2D eigenvalue weighted by Crippen LogP contribution is -2.09. The van der Waals surface area contributed by atoms with Gasteiger partial charge in [0.1, 0.15) is 11.5 Å². The first-order valence-corrected chi connectivity index (χ1v) is 11.8. The van der Waals surface area contributed by atoms with Crippen molar-refractivity contribution in [1.29, 1.82) is 0 Å². The third kappa shape index (κ3) is 3.90. The summed E-state index contributed by atoms with van der Waals surface area (Å²) >= 11 is 1.89. The van der Waals surface area contributed by atoms with Gasteiger partial charge in [0.05, 0.1) is 0 Å². The Morgan fingerprint density at radius 3 is 2.29 bits per heavy atom. The smallest absolute Gasteiger partial charge is 0.226 e. The molecule has 0 N–H and O–H groups in total. The Morgan fingerprint density at radius 2 is 1.61 bits per heavy atom. The van der Waals surface area contributed by atoms with Crippen LogP contribution in [0.3, 0.4) is 0 Å². The van der Waals surface area contributed by atoms with Crippen LogP contribution in [0.2, 0.25) is 0 Å². The lowest BCUT2D eigenvalue weighted by Gasteiger charge is -2.27. The highest BCUT2D eigenvalue weighted by Gasteiger charge is 2.28. The Morgan fingerprint density at radius 1 is 0.903 bits per heavy atom. The van der Waals surface area contributed by atoms with E-state index in [-0.39, 0.29) is 0 Å². The lowest BCUT2D eigenvalue weighted by molar-refractivity contribution is 0.541. The van der Waals surface area contributed by atoms with Gasteiger partial charge in [-0.25, -0.2) is 4.98 Å². The summed E-state index contributed by atoms with van der Waals surface area (Å²) in [5.41, 5.74) is 7.67. The maximum Gasteiger partial charge on any atom is 0.226 e. The van der Waals surface area contributed by atoms with Crippen LogP contribution in [-0.4, -0.2) is 4.98 Å². The van der Waals surface area contributed by atoms with E-state index in [4.69, 9.17) is 9.40 Å². The SMILES string of the molecule is Cc1cc(C2=C(c3nc(-c4ccccc4)oc3C)CC(c3ccccc3)CC2)c(C)s1. The molecular weight excluding hydrogens is 398 g/mol. The summed E-state index contributed by atoms with van der Waals surface area (Å²) < 4.78 is 6.17. The molecule has 0 aliphatic heterocycles. The van der Waals surface area contributed by atoms with E-state index in [1.807, 2.05) is 29.5 Å². The molecule has 2 heterocycles. The monoisotopic (exact) mass is 425 g/mol. The van der Waals surface area contributed by atoms with Gasteiger partial charge < -0.3 is 4.42 Å². The Kier molecular flexibility index (Phi) is 5.37. The molecule has 2 aromatic heterocycles. The summed E-state index contributed by atoms with van der Waals surface area (Å²) in [5.74, 6) is 2.13. The standard InChI is InChI=1S/C28H27NOS/c1-18-16-25(20(3)31-18)24-15-14-23(21-10-6-4-7-11-21)17-26(24)27-19(2)30-28(29-27)22-12-8-5-9-13-22/h4-13,16,23H,14-15,17H2,1-3H3. The Hall–Kier alpha value is -2.91. The van der Waals surface area contributed by atoms with Crippen molar-refractivity contribution in [3.05, 3.63) is 99.1 Å². The zero-order valence-electron chi connectivity index (χ0n) is 18.3. The van der Waals surface area contributed by atoms with Gasteiger partial charge in [-0.05, 0) is 86.4 Å². The summed E-state index contributed by atoms with van der Waals surface area (Å²) in [5, 5.41) is 0. The fraction of sp³-hybridized carbons (Fsp3) is 0.250. The number of oxazole rings is 1. The maximum absolute atomic E-state index is 6.17.